The van der Waals surface area contributed by atoms with Crippen molar-refractivity contribution in [3.8, 4) is 0 Å². The standard InChI is InChI=1S/C10H19NO2.C9H15NO2.2C9H17NO2.C8H15NO3.2C8H15NO2.C7H13NO2/c1-7(2)10(13)11-8-4-3-5-9(12)6-8;1-5(2)9(11)10-8-6-3-12-4-7(6)8;1-6(2)9(12)10-7-3-4-8(11)5-7;1-6(2)9(12)10-7-4-3-5-8(7)11;1-5(2)8(11)9-6-3-12-4-7(6)10;1-5(2)8(11)9-6-3-7(10)4-6;1-5(2)8(11)9-6-3-4-7(6)10;1-4(2)7(10)8-5-3-6(5)9/h7-9,12H,3-6H2,1-2H3,(H,11,13);5-8H,3-4H2,1-2H3,(H,10,11);2*6-8,11H,3-5H2,1-2H3,(H,10,12);5-7,10H,3-4H2,1-2H3,(H,9,11);2*5-7,10H,3-4H2,1-2H3,(H,9,11);4-6,9H,3H2,1-2H3,(H,8,10)/t8-,9-;6-,7+,8?;2*7-,8-;6-,7+;;6-,7-;5-,6-/m0.000.00/s1. The molecule has 2 aliphatic heterocycles. The summed E-state index contributed by atoms with van der Waals surface area (Å²) in [6.07, 6.45) is 10.7. The number of rotatable bonds is 16. The summed E-state index contributed by atoms with van der Waals surface area (Å²) >= 11 is 0. The summed E-state index contributed by atoms with van der Waals surface area (Å²) in [6.45, 7) is 32.2. The van der Waals surface area contributed by atoms with Gasteiger partial charge >= 0.3 is 0 Å². The van der Waals surface area contributed by atoms with E-state index in [9.17, 15) is 58.8 Å². The molecule has 0 spiro atoms. The van der Waals surface area contributed by atoms with E-state index in [4.69, 9.17) is 24.8 Å². The number of ether oxygens (including phenoxy) is 2. The zero-order chi connectivity index (χ0) is 70.6. The lowest BCUT2D eigenvalue weighted by atomic mass is 9.89. The molecule has 8 amide bonds. The molecule has 2 saturated heterocycles. The van der Waals surface area contributed by atoms with Crippen LogP contribution in [0.2, 0.25) is 0 Å². The fourth-order valence-corrected chi connectivity index (χ4v) is 10.2. The number of carbonyl (C=O) groups excluding carboxylic acids is 8. The highest BCUT2D eigenvalue weighted by atomic mass is 16.5. The highest BCUT2D eigenvalue weighted by Crippen LogP contribution is 2.44. The van der Waals surface area contributed by atoms with E-state index in [1.807, 2.05) is 111 Å². The minimum absolute atomic E-state index is 0.0000926. The summed E-state index contributed by atoms with van der Waals surface area (Å²) in [7, 11) is 0. The van der Waals surface area contributed by atoms with E-state index >= 15 is 0 Å². The van der Waals surface area contributed by atoms with Gasteiger partial charge in [0.2, 0.25) is 47.3 Å². The van der Waals surface area contributed by atoms with Crippen LogP contribution in [-0.4, -0.2) is 200 Å². The van der Waals surface area contributed by atoms with Crippen LogP contribution < -0.4 is 42.5 Å². The van der Waals surface area contributed by atoms with Crippen LogP contribution in [-0.2, 0) is 47.8 Å². The topological polar surface area (TPSA) is 393 Å². The van der Waals surface area contributed by atoms with Crippen LogP contribution in [0.4, 0.5) is 0 Å². The molecule has 15 atom stereocenters. The lowest BCUT2D eigenvalue weighted by Gasteiger charge is -2.33. The smallest absolute Gasteiger partial charge is 0.222 e. The van der Waals surface area contributed by atoms with Crippen molar-refractivity contribution in [1.29, 1.82) is 0 Å². The molecule has 0 bridgehead atoms. The Kier molecular flexibility index (Phi) is 38.9. The number of hydrogen-bond donors (Lipinski definition) is 15. The molecule has 0 aromatic carbocycles. The minimum atomic E-state index is -0.548. The first kappa shape index (κ1) is 84.5. The average molecular weight is 1330 g/mol. The van der Waals surface area contributed by atoms with Gasteiger partial charge in [-0.2, -0.15) is 0 Å². The fourth-order valence-electron chi connectivity index (χ4n) is 10.2. The maximum Gasteiger partial charge on any atom is 0.222 e. The van der Waals surface area contributed by atoms with Crippen molar-refractivity contribution < 1.29 is 83.6 Å². The number of aliphatic hydroxyl groups excluding tert-OH is 7. The van der Waals surface area contributed by atoms with Gasteiger partial charge in [-0.05, 0) is 96.3 Å². The molecule has 25 heteroatoms. The molecule has 0 radical (unpaired) electrons. The Morgan fingerprint density at radius 1 is 0.280 bits per heavy atom. The van der Waals surface area contributed by atoms with Crippen molar-refractivity contribution in [2.45, 2.75) is 298 Å². The summed E-state index contributed by atoms with van der Waals surface area (Å²) in [5, 5.41) is 86.9. The van der Waals surface area contributed by atoms with E-state index in [2.05, 4.69) is 42.5 Å². The maximum absolute atomic E-state index is 11.3. The largest absolute Gasteiger partial charge is 0.393 e. The number of aliphatic hydroxyl groups is 7. The number of amides is 8. The quantitative estimate of drug-likeness (QED) is 0.106. The minimum Gasteiger partial charge on any atom is -0.393 e. The second-order valence-electron chi connectivity index (χ2n) is 29.2. The molecule has 93 heavy (non-hydrogen) atoms. The monoisotopic (exact) mass is 1330 g/mol. The molecular formula is C68H126N8O17. The van der Waals surface area contributed by atoms with E-state index in [1.165, 1.54) is 0 Å². The Labute approximate surface area is 555 Å². The van der Waals surface area contributed by atoms with Gasteiger partial charge in [0, 0.05) is 83.3 Å². The Morgan fingerprint density at radius 2 is 0.613 bits per heavy atom. The van der Waals surface area contributed by atoms with Crippen molar-refractivity contribution in [2.24, 2.45) is 59.2 Å². The molecular weight excluding hydrogens is 1200 g/mol. The molecule has 2 heterocycles. The van der Waals surface area contributed by atoms with Gasteiger partial charge < -0.3 is 87.8 Å². The van der Waals surface area contributed by atoms with Gasteiger partial charge in [-0.15, -0.1) is 0 Å². The molecule has 15 N–H and O–H groups in total. The Balaban J connectivity index is 0.000000362. The van der Waals surface area contributed by atoms with Crippen LogP contribution in [0.25, 0.3) is 0 Å². The molecule has 25 nitrogen and oxygen atoms in total. The molecule has 0 aromatic rings. The lowest BCUT2D eigenvalue weighted by molar-refractivity contribution is -0.127. The molecule has 9 fully saturated rings. The molecule has 9 rings (SSSR count). The Morgan fingerprint density at radius 3 is 0.946 bits per heavy atom. The van der Waals surface area contributed by atoms with Crippen molar-refractivity contribution in [3.63, 3.8) is 0 Å². The zero-order valence-corrected chi connectivity index (χ0v) is 59.1. The van der Waals surface area contributed by atoms with E-state index in [0.717, 1.165) is 110 Å². The molecule has 7 aliphatic carbocycles. The Hall–Kier alpha value is -4.60. The van der Waals surface area contributed by atoms with Crippen LogP contribution in [0.5, 0.6) is 0 Å². The second kappa shape index (κ2) is 42.8. The summed E-state index contributed by atoms with van der Waals surface area (Å²) < 4.78 is 10.2. The van der Waals surface area contributed by atoms with E-state index in [-0.39, 0.29) is 174 Å². The average Bonchev–Trinajstić information content (AvgIpc) is 1.61. The van der Waals surface area contributed by atoms with Crippen LogP contribution in [0.1, 0.15) is 207 Å². The van der Waals surface area contributed by atoms with Gasteiger partial charge in [-0.3, -0.25) is 38.4 Å². The molecule has 7 saturated carbocycles. The van der Waals surface area contributed by atoms with Gasteiger partial charge in [-0.1, -0.05) is 111 Å². The third-order valence-electron chi connectivity index (χ3n) is 17.5. The van der Waals surface area contributed by atoms with Crippen molar-refractivity contribution in [1.82, 2.24) is 42.5 Å². The van der Waals surface area contributed by atoms with Crippen molar-refractivity contribution >= 4 is 47.3 Å². The fraction of sp³-hybridized carbons (Fsp3) is 0.882. The maximum atomic E-state index is 11.3. The predicted octanol–water partition coefficient (Wildman–Crippen LogP) is 2.78. The number of carbonyl (C=O) groups is 8. The first-order valence-corrected chi connectivity index (χ1v) is 34.8. The van der Waals surface area contributed by atoms with E-state index < -0.39 is 6.10 Å². The summed E-state index contributed by atoms with van der Waals surface area (Å²) in [5.41, 5.74) is 0. The normalized spacial score (nSPS) is 30.6. The number of hydrogen-bond acceptors (Lipinski definition) is 17. The lowest BCUT2D eigenvalue weighted by Crippen LogP contribution is -2.51. The van der Waals surface area contributed by atoms with Crippen LogP contribution >= 0.6 is 0 Å². The van der Waals surface area contributed by atoms with Gasteiger partial charge in [0.25, 0.3) is 0 Å². The van der Waals surface area contributed by atoms with Crippen LogP contribution in [0.3, 0.4) is 0 Å². The summed E-state index contributed by atoms with van der Waals surface area (Å²) in [5.74, 6) is 2.00. The van der Waals surface area contributed by atoms with E-state index in [0.29, 0.717) is 31.1 Å². The van der Waals surface area contributed by atoms with Crippen LogP contribution in [0, 0.1) is 59.2 Å². The molecule has 9 aliphatic rings. The number of fused-ring (bicyclic) bond motifs is 1. The highest BCUT2D eigenvalue weighted by Gasteiger charge is 2.55. The van der Waals surface area contributed by atoms with Gasteiger partial charge in [0.1, 0.15) is 0 Å². The van der Waals surface area contributed by atoms with Gasteiger partial charge in [0.15, 0.2) is 0 Å². The number of nitrogens with one attached hydrogen (secondary N) is 8. The molecule has 0 aromatic heterocycles. The van der Waals surface area contributed by atoms with Crippen molar-refractivity contribution in [3.05, 3.63) is 0 Å². The van der Waals surface area contributed by atoms with Gasteiger partial charge in [-0.25, -0.2) is 0 Å². The summed E-state index contributed by atoms with van der Waals surface area (Å²) in [4.78, 5) is 89.2. The molecule has 540 valence electrons. The third kappa shape index (κ3) is 33.8. The third-order valence-corrected chi connectivity index (χ3v) is 17.5. The van der Waals surface area contributed by atoms with Crippen LogP contribution in [0.15, 0.2) is 0 Å². The van der Waals surface area contributed by atoms with Gasteiger partial charge in [0.05, 0.1) is 93.3 Å². The Bertz CT molecular complexity index is 2180. The zero-order valence-electron chi connectivity index (χ0n) is 59.1. The SMILES string of the molecule is CC(C)C(=O)NC1CC(O)C1.CC(C)C(=O)NC1[C@H]2COC[C@@H]12.CC(C)C(=O)N[C@H]1CCC[C@@H]1O.CC(C)C(=O)N[C@H]1CCC[C@H](O)C1.CC(C)C(=O)N[C@H]1CC[C@@H]1O.CC(C)C(=O)N[C@H]1CC[C@H](O)C1.CC(C)C(=O)N[C@H]1COC[C@H]1O.CC(C)C(=O)N[C@H]1C[C@@H]1O. The summed E-state index contributed by atoms with van der Waals surface area (Å²) in [6, 6.07) is 0.877. The second-order valence-corrected chi connectivity index (χ2v) is 29.2. The van der Waals surface area contributed by atoms with Crippen molar-refractivity contribution in [2.75, 3.05) is 26.4 Å². The first-order valence-electron chi connectivity index (χ1n) is 34.8. The highest BCUT2D eigenvalue weighted by molar-refractivity contribution is 5.81. The first-order chi connectivity index (χ1) is 43.4. The van der Waals surface area contributed by atoms with E-state index in [1.54, 1.807) is 0 Å². The molecule has 1 unspecified atom stereocenters. The predicted molar refractivity (Wildman–Crippen MR) is 354 cm³/mol.